The van der Waals surface area contributed by atoms with Crippen LogP contribution in [0.25, 0.3) is 0 Å². The predicted molar refractivity (Wildman–Crippen MR) is 102 cm³/mol. The fraction of sp³-hybridized carbons (Fsp3) is 0.450. The Labute approximate surface area is 154 Å². The van der Waals surface area contributed by atoms with Crippen LogP contribution >= 0.6 is 0 Å². The molecule has 1 aliphatic carbocycles. The van der Waals surface area contributed by atoms with Crippen LogP contribution in [-0.2, 0) is 17.6 Å². The van der Waals surface area contributed by atoms with Gasteiger partial charge in [0.25, 0.3) is 0 Å². The molecular formula is C20H26N4O2. The number of esters is 1. The van der Waals surface area contributed by atoms with Gasteiger partial charge in [0.1, 0.15) is 11.4 Å². The second-order valence-corrected chi connectivity index (χ2v) is 7.80. The number of anilines is 2. The number of nitrogens with two attached hydrogens (primary N) is 2. The van der Waals surface area contributed by atoms with Gasteiger partial charge in [0.2, 0.25) is 5.95 Å². The number of carbonyl (C=O) groups is 1. The van der Waals surface area contributed by atoms with E-state index in [0.717, 1.165) is 36.9 Å². The number of nitrogen functional groups attached to an aromatic ring is 2. The Morgan fingerprint density at radius 2 is 1.88 bits per heavy atom. The van der Waals surface area contributed by atoms with Crippen LogP contribution in [-0.4, -0.2) is 21.5 Å². The number of nitrogens with zero attached hydrogens (tertiary/aromatic N) is 2. The number of aromatic nitrogens is 2. The molecule has 1 unspecified atom stereocenters. The Morgan fingerprint density at radius 1 is 1.19 bits per heavy atom. The summed E-state index contributed by atoms with van der Waals surface area (Å²) in [5, 5.41) is 0. The van der Waals surface area contributed by atoms with Crippen LogP contribution in [0.2, 0.25) is 0 Å². The highest BCUT2D eigenvalue weighted by atomic mass is 16.6. The number of aryl methyl sites for hydroxylation is 2. The van der Waals surface area contributed by atoms with Gasteiger partial charge in [-0.3, -0.25) is 0 Å². The van der Waals surface area contributed by atoms with E-state index in [1.807, 2.05) is 45.0 Å². The molecule has 1 aromatic carbocycles. The second-order valence-electron chi connectivity index (χ2n) is 7.80. The first-order valence-corrected chi connectivity index (χ1v) is 8.97. The lowest BCUT2D eigenvalue weighted by Crippen LogP contribution is -2.23. The number of carbonyl (C=O) groups excluding carboxylic acids is 1. The van der Waals surface area contributed by atoms with Crippen molar-refractivity contribution in [2.45, 2.75) is 58.0 Å². The van der Waals surface area contributed by atoms with Gasteiger partial charge in [-0.05, 0) is 70.1 Å². The first kappa shape index (κ1) is 18.2. The summed E-state index contributed by atoms with van der Waals surface area (Å²) in [6, 6.07) is 7.62. The molecule has 0 amide bonds. The van der Waals surface area contributed by atoms with Crippen LogP contribution in [0.4, 0.5) is 11.8 Å². The van der Waals surface area contributed by atoms with Crippen molar-refractivity contribution in [2.24, 2.45) is 0 Å². The minimum absolute atomic E-state index is 0.250. The maximum atomic E-state index is 12.1. The molecule has 2 aromatic rings. The average molecular weight is 354 g/mol. The highest BCUT2D eigenvalue weighted by molar-refractivity contribution is 5.89. The van der Waals surface area contributed by atoms with Gasteiger partial charge in [-0.2, -0.15) is 4.98 Å². The van der Waals surface area contributed by atoms with Crippen molar-refractivity contribution in [1.82, 2.24) is 9.97 Å². The molecule has 4 N–H and O–H groups in total. The minimum atomic E-state index is -0.489. The molecule has 1 atom stereocenters. The zero-order valence-electron chi connectivity index (χ0n) is 15.6. The van der Waals surface area contributed by atoms with Crippen LogP contribution in [0.1, 0.15) is 66.7 Å². The molecule has 0 bridgehead atoms. The van der Waals surface area contributed by atoms with Crippen LogP contribution in [0.15, 0.2) is 24.3 Å². The first-order valence-electron chi connectivity index (χ1n) is 8.97. The highest BCUT2D eigenvalue weighted by Gasteiger charge is 2.27. The first-order chi connectivity index (χ1) is 12.2. The average Bonchev–Trinajstić information content (AvgIpc) is 2.95. The fourth-order valence-electron chi connectivity index (χ4n) is 3.42. The minimum Gasteiger partial charge on any atom is -0.456 e. The molecule has 0 spiro atoms. The van der Waals surface area contributed by atoms with Crippen LogP contribution < -0.4 is 11.5 Å². The van der Waals surface area contributed by atoms with Crippen molar-refractivity contribution in [1.29, 1.82) is 0 Å². The van der Waals surface area contributed by atoms with Gasteiger partial charge in [0.05, 0.1) is 11.3 Å². The third kappa shape index (κ3) is 4.12. The monoisotopic (exact) mass is 354 g/mol. The predicted octanol–water partition coefficient (Wildman–Crippen LogP) is 3.26. The zero-order valence-corrected chi connectivity index (χ0v) is 15.6. The third-order valence-electron chi connectivity index (χ3n) is 4.58. The lowest BCUT2D eigenvalue weighted by Gasteiger charge is -2.19. The largest absolute Gasteiger partial charge is 0.456 e. The van der Waals surface area contributed by atoms with Gasteiger partial charge in [-0.15, -0.1) is 0 Å². The number of benzene rings is 1. The van der Waals surface area contributed by atoms with Gasteiger partial charge in [-0.25, -0.2) is 9.78 Å². The fourth-order valence-corrected chi connectivity index (χ4v) is 3.42. The standard InChI is InChI=1S/C20H26N4O2/c1-20(2,3)26-18(25)14-8-5-12(6-9-14)4-7-13-10-11-15-16(13)17(21)24-19(22)23-15/h5-6,8-9,13H,4,7,10-11H2,1-3H3,(H4,21,22,23,24). The van der Waals surface area contributed by atoms with Gasteiger partial charge >= 0.3 is 5.97 Å². The molecule has 0 aliphatic heterocycles. The van der Waals surface area contributed by atoms with Crippen LogP contribution in [0.3, 0.4) is 0 Å². The number of fused-ring (bicyclic) bond motifs is 1. The van der Waals surface area contributed by atoms with E-state index >= 15 is 0 Å². The molecule has 3 rings (SSSR count). The number of hydrogen-bond acceptors (Lipinski definition) is 6. The van der Waals surface area contributed by atoms with Gasteiger partial charge < -0.3 is 16.2 Å². The molecule has 1 aromatic heterocycles. The molecule has 0 saturated heterocycles. The van der Waals surface area contributed by atoms with Gasteiger partial charge in [-0.1, -0.05) is 12.1 Å². The van der Waals surface area contributed by atoms with Crippen molar-refractivity contribution >= 4 is 17.7 Å². The van der Waals surface area contributed by atoms with Crippen LogP contribution in [0.5, 0.6) is 0 Å². The summed E-state index contributed by atoms with van der Waals surface area (Å²) in [5.41, 5.74) is 15.0. The zero-order chi connectivity index (χ0) is 18.9. The van der Waals surface area contributed by atoms with E-state index in [0.29, 0.717) is 17.3 Å². The molecule has 0 saturated carbocycles. The van der Waals surface area contributed by atoms with Crippen molar-refractivity contribution in [2.75, 3.05) is 11.5 Å². The topological polar surface area (TPSA) is 104 Å². The Bertz CT molecular complexity index is 810. The van der Waals surface area contributed by atoms with E-state index in [4.69, 9.17) is 16.2 Å². The van der Waals surface area contributed by atoms with E-state index in [1.165, 1.54) is 5.56 Å². The maximum Gasteiger partial charge on any atom is 0.338 e. The Balaban J connectivity index is 1.63. The Hall–Kier alpha value is -2.63. The molecule has 0 radical (unpaired) electrons. The lowest BCUT2D eigenvalue weighted by atomic mass is 9.94. The smallest absolute Gasteiger partial charge is 0.338 e. The summed E-state index contributed by atoms with van der Waals surface area (Å²) < 4.78 is 5.39. The van der Waals surface area contributed by atoms with Crippen molar-refractivity contribution < 1.29 is 9.53 Å². The lowest BCUT2D eigenvalue weighted by molar-refractivity contribution is 0.00695. The molecule has 138 valence electrons. The molecule has 6 heteroatoms. The number of ether oxygens (including phenoxy) is 1. The molecular weight excluding hydrogens is 328 g/mol. The summed E-state index contributed by atoms with van der Waals surface area (Å²) in [7, 11) is 0. The van der Waals surface area contributed by atoms with E-state index < -0.39 is 5.60 Å². The maximum absolute atomic E-state index is 12.1. The van der Waals surface area contributed by atoms with Gasteiger partial charge in [0.15, 0.2) is 0 Å². The summed E-state index contributed by atoms with van der Waals surface area (Å²) >= 11 is 0. The molecule has 6 nitrogen and oxygen atoms in total. The van der Waals surface area contributed by atoms with Crippen LogP contribution in [0, 0.1) is 0 Å². The number of hydrogen-bond donors (Lipinski definition) is 2. The summed E-state index contributed by atoms with van der Waals surface area (Å²) in [6.45, 7) is 5.59. The summed E-state index contributed by atoms with van der Waals surface area (Å²) in [6.07, 6.45) is 3.79. The Morgan fingerprint density at radius 3 is 2.54 bits per heavy atom. The number of rotatable bonds is 4. The highest BCUT2D eigenvalue weighted by Crippen LogP contribution is 2.38. The summed E-state index contributed by atoms with van der Waals surface area (Å²) in [5.74, 6) is 0.822. The normalized spacial score (nSPS) is 16.3. The third-order valence-corrected chi connectivity index (χ3v) is 4.58. The van der Waals surface area contributed by atoms with Crippen molar-refractivity contribution in [3.8, 4) is 0 Å². The quantitative estimate of drug-likeness (QED) is 0.817. The summed E-state index contributed by atoms with van der Waals surface area (Å²) in [4.78, 5) is 20.5. The van der Waals surface area contributed by atoms with E-state index in [-0.39, 0.29) is 11.9 Å². The molecule has 0 fully saturated rings. The van der Waals surface area contributed by atoms with E-state index in [9.17, 15) is 4.79 Å². The molecule has 1 aliphatic rings. The molecule has 1 heterocycles. The molecule has 26 heavy (non-hydrogen) atoms. The second kappa shape index (κ2) is 6.94. The van der Waals surface area contributed by atoms with Gasteiger partial charge in [0, 0.05) is 5.56 Å². The van der Waals surface area contributed by atoms with Crippen molar-refractivity contribution in [3.63, 3.8) is 0 Å². The van der Waals surface area contributed by atoms with E-state index in [2.05, 4.69) is 9.97 Å². The Kier molecular flexibility index (Phi) is 4.85. The van der Waals surface area contributed by atoms with Crippen molar-refractivity contribution in [3.05, 3.63) is 46.6 Å². The van der Waals surface area contributed by atoms with E-state index in [1.54, 1.807) is 0 Å². The SMILES string of the molecule is CC(C)(C)OC(=O)c1ccc(CCC2CCc3nc(N)nc(N)c32)cc1.